The summed E-state index contributed by atoms with van der Waals surface area (Å²) >= 11 is 0. The number of benzene rings is 1. The first-order valence-corrected chi connectivity index (χ1v) is 10.4. The highest BCUT2D eigenvalue weighted by Gasteiger charge is 2.15. The fraction of sp³-hybridized carbons (Fsp3) is 0.389. The second kappa shape index (κ2) is 8.97. The number of nitriles is 1. The van der Waals surface area contributed by atoms with Crippen molar-refractivity contribution in [1.29, 1.82) is 5.26 Å². The number of hydrogen-bond donors (Lipinski definition) is 2. The molecule has 2 aromatic rings. The molecule has 148 valence electrons. The van der Waals surface area contributed by atoms with Crippen molar-refractivity contribution in [2.75, 3.05) is 49.6 Å². The van der Waals surface area contributed by atoms with Crippen LogP contribution in [0.25, 0.3) is 0 Å². The van der Waals surface area contributed by atoms with Crippen LogP contribution in [0.5, 0.6) is 0 Å². The topological polar surface area (TPSA) is 120 Å². The molecule has 0 radical (unpaired) electrons. The molecule has 10 heteroatoms. The highest BCUT2D eigenvalue weighted by atomic mass is 32.2. The molecule has 1 aliphatic heterocycles. The summed E-state index contributed by atoms with van der Waals surface area (Å²) in [6.45, 7) is 5.30. The van der Waals surface area contributed by atoms with E-state index in [0.29, 0.717) is 31.3 Å². The summed E-state index contributed by atoms with van der Waals surface area (Å²) in [6.07, 6.45) is 0. The van der Waals surface area contributed by atoms with Crippen LogP contribution in [0.1, 0.15) is 11.3 Å². The molecule has 1 saturated heterocycles. The zero-order valence-corrected chi connectivity index (χ0v) is 16.4. The quantitative estimate of drug-likeness (QED) is 0.655. The van der Waals surface area contributed by atoms with Crippen LogP contribution in [0, 0.1) is 18.3 Å². The second-order valence-corrected chi connectivity index (χ2v) is 8.02. The van der Waals surface area contributed by atoms with Gasteiger partial charge in [-0.2, -0.15) is 10.2 Å². The number of aryl methyl sites for hydroxylation is 1. The van der Waals surface area contributed by atoms with Gasteiger partial charge in [0.25, 0.3) is 0 Å². The molecule has 0 aliphatic carbocycles. The van der Waals surface area contributed by atoms with Crippen molar-refractivity contribution in [1.82, 2.24) is 14.7 Å². The third-order valence-corrected chi connectivity index (χ3v) is 5.65. The number of nitrogens with one attached hydrogen (secondary N) is 2. The van der Waals surface area contributed by atoms with E-state index in [4.69, 9.17) is 10.00 Å². The number of anilines is 2. The van der Waals surface area contributed by atoms with Gasteiger partial charge in [0.05, 0.1) is 29.7 Å². The Balaban J connectivity index is 1.55. The van der Waals surface area contributed by atoms with E-state index in [2.05, 4.69) is 24.9 Å². The Morgan fingerprint density at radius 2 is 1.89 bits per heavy atom. The fourth-order valence-electron chi connectivity index (χ4n) is 2.74. The number of nitrogens with zero attached hydrogens (tertiary/aromatic N) is 4. The van der Waals surface area contributed by atoms with Crippen LogP contribution in [0.15, 0.2) is 35.2 Å². The Labute approximate surface area is 164 Å². The maximum Gasteiger partial charge on any atom is 0.240 e. The third-order valence-electron chi connectivity index (χ3n) is 4.17. The standard InChI is InChI=1S/C18H22N6O3S/c1-14-12-17(24-8-10-27-11-9-24)23-18(22-14)20-6-7-21-28(25,26)16-4-2-15(13-19)3-5-16/h2-5,12,21H,6-11H2,1H3,(H,20,22,23). The molecule has 9 nitrogen and oxygen atoms in total. The molecule has 0 amide bonds. The monoisotopic (exact) mass is 402 g/mol. The average molecular weight is 402 g/mol. The van der Waals surface area contributed by atoms with Crippen molar-refractivity contribution >= 4 is 21.8 Å². The van der Waals surface area contributed by atoms with Crippen LogP contribution in [-0.4, -0.2) is 57.8 Å². The summed E-state index contributed by atoms with van der Waals surface area (Å²) in [7, 11) is -3.64. The molecule has 1 aromatic carbocycles. The Morgan fingerprint density at radius 3 is 2.57 bits per heavy atom. The first kappa shape index (κ1) is 20.0. The van der Waals surface area contributed by atoms with Crippen LogP contribution >= 0.6 is 0 Å². The van der Waals surface area contributed by atoms with Gasteiger partial charge in [0.1, 0.15) is 5.82 Å². The molecule has 2 heterocycles. The summed E-state index contributed by atoms with van der Waals surface area (Å²) in [5.74, 6) is 1.29. The lowest BCUT2D eigenvalue weighted by molar-refractivity contribution is 0.122. The fourth-order valence-corrected chi connectivity index (χ4v) is 3.77. The number of ether oxygens (including phenoxy) is 1. The Bertz CT molecular complexity index is 950. The molecular formula is C18H22N6O3S. The molecule has 3 rings (SSSR count). The number of aromatic nitrogens is 2. The molecular weight excluding hydrogens is 380 g/mol. The predicted octanol–water partition coefficient (Wildman–Crippen LogP) is 0.884. The molecule has 28 heavy (non-hydrogen) atoms. The van der Waals surface area contributed by atoms with Crippen molar-refractivity contribution in [3.8, 4) is 6.07 Å². The zero-order chi connectivity index (χ0) is 20.0. The molecule has 1 aliphatic rings. The number of rotatable bonds is 7. The van der Waals surface area contributed by atoms with Gasteiger partial charge >= 0.3 is 0 Å². The molecule has 2 N–H and O–H groups in total. The molecule has 1 aromatic heterocycles. The van der Waals surface area contributed by atoms with E-state index in [1.54, 1.807) is 0 Å². The lowest BCUT2D eigenvalue weighted by Crippen LogP contribution is -2.37. The summed E-state index contributed by atoms with van der Waals surface area (Å²) in [4.78, 5) is 11.1. The van der Waals surface area contributed by atoms with Crippen LogP contribution in [0.4, 0.5) is 11.8 Å². The van der Waals surface area contributed by atoms with Gasteiger partial charge in [-0.1, -0.05) is 0 Å². The van der Waals surface area contributed by atoms with Crippen LogP contribution in [-0.2, 0) is 14.8 Å². The minimum absolute atomic E-state index is 0.118. The molecule has 0 spiro atoms. The van der Waals surface area contributed by atoms with Crippen molar-refractivity contribution in [3.63, 3.8) is 0 Å². The van der Waals surface area contributed by atoms with Gasteiger partial charge in [0.2, 0.25) is 16.0 Å². The van der Waals surface area contributed by atoms with Gasteiger partial charge in [-0.05, 0) is 31.2 Å². The minimum atomic E-state index is -3.64. The van der Waals surface area contributed by atoms with Gasteiger partial charge in [-0.3, -0.25) is 0 Å². The van der Waals surface area contributed by atoms with Crippen LogP contribution in [0.3, 0.4) is 0 Å². The molecule has 1 fully saturated rings. The van der Waals surface area contributed by atoms with Gasteiger partial charge in [0.15, 0.2) is 0 Å². The largest absolute Gasteiger partial charge is 0.378 e. The minimum Gasteiger partial charge on any atom is -0.378 e. The molecule has 0 bridgehead atoms. The van der Waals surface area contributed by atoms with Crippen LogP contribution < -0.4 is 14.9 Å². The second-order valence-electron chi connectivity index (χ2n) is 6.25. The number of sulfonamides is 1. The van der Waals surface area contributed by atoms with E-state index in [0.717, 1.165) is 24.6 Å². The molecule has 0 unspecified atom stereocenters. The normalized spacial score (nSPS) is 14.5. The van der Waals surface area contributed by atoms with E-state index < -0.39 is 10.0 Å². The van der Waals surface area contributed by atoms with Gasteiger partial charge < -0.3 is 15.0 Å². The van der Waals surface area contributed by atoms with E-state index in [1.807, 2.05) is 19.1 Å². The van der Waals surface area contributed by atoms with E-state index in [9.17, 15) is 8.42 Å². The average Bonchev–Trinajstić information content (AvgIpc) is 2.71. The van der Waals surface area contributed by atoms with Crippen molar-refractivity contribution in [2.45, 2.75) is 11.8 Å². The summed E-state index contributed by atoms with van der Waals surface area (Å²) < 4.78 is 32.5. The van der Waals surface area contributed by atoms with E-state index >= 15 is 0 Å². The lowest BCUT2D eigenvalue weighted by Gasteiger charge is -2.28. The highest BCUT2D eigenvalue weighted by molar-refractivity contribution is 7.89. The van der Waals surface area contributed by atoms with E-state index in [-0.39, 0.29) is 11.4 Å². The predicted molar refractivity (Wildman–Crippen MR) is 105 cm³/mol. The summed E-state index contributed by atoms with van der Waals surface area (Å²) in [5.41, 5.74) is 1.24. The van der Waals surface area contributed by atoms with Gasteiger partial charge in [-0.25, -0.2) is 18.1 Å². The van der Waals surface area contributed by atoms with Crippen LogP contribution in [0.2, 0.25) is 0 Å². The lowest BCUT2D eigenvalue weighted by atomic mass is 10.2. The summed E-state index contributed by atoms with van der Waals surface area (Å²) in [5, 5.41) is 11.8. The SMILES string of the molecule is Cc1cc(N2CCOCC2)nc(NCCNS(=O)(=O)c2ccc(C#N)cc2)n1. The van der Waals surface area contributed by atoms with Gasteiger partial charge in [-0.15, -0.1) is 0 Å². The Kier molecular flexibility index (Phi) is 6.41. The maximum atomic E-state index is 12.3. The maximum absolute atomic E-state index is 12.3. The Hall–Kier alpha value is -2.74. The third kappa shape index (κ3) is 5.16. The molecule has 0 atom stereocenters. The van der Waals surface area contributed by atoms with Gasteiger partial charge in [0, 0.05) is 37.9 Å². The first-order chi connectivity index (χ1) is 13.5. The number of hydrogen-bond acceptors (Lipinski definition) is 8. The van der Waals surface area contributed by atoms with Crippen molar-refractivity contribution in [3.05, 3.63) is 41.6 Å². The molecule has 0 saturated carbocycles. The summed E-state index contributed by atoms with van der Waals surface area (Å²) in [6, 6.07) is 9.64. The number of morpholine rings is 1. The zero-order valence-electron chi connectivity index (χ0n) is 15.6. The van der Waals surface area contributed by atoms with E-state index in [1.165, 1.54) is 24.3 Å². The van der Waals surface area contributed by atoms with Crippen molar-refractivity contribution in [2.24, 2.45) is 0 Å². The highest BCUT2D eigenvalue weighted by Crippen LogP contribution is 2.16. The smallest absolute Gasteiger partial charge is 0.240 e. The first-order valence-electron chi connectivity index (χ1n) is 8.90. The van der Waals surface area contributed by atoms with Crippen molar-refractivity contribution < 1.29 is 13.2 Å². The Morgan fingerprint density at radius 1 is 1.18 bits per heavy atom.